The van der Waals surface area contributed by atoms with Gasteiger partial charge in [-0.25, -0.2) is 0 Å². The van der Waals surface area contributed by atoms with E-state index in [9.17, 15) is 0 Å². The molecule has 0 aromatic carbocycles. The molecule has 21 heavy (non-hydrogen) atoms. The van der Waals surface area contributed by atoms with Crippen LogP contribution in [-0.4, -0.2) is 12.6 Å². The zero-order chi connectivity index (χ0) is 14.7. The molecule has 0 bridgehead atoms. The highest BCUT2D eigenvalue weighted by atomic mass is 14.9. The van der Waals surface area contributed by atoms with E-state index < -0.39 is 0 Å². The lowest BCUT2D eigenvalue weighted by Gasteiger charge is -2.45. The molecule has 5 unspecified atom stereocenters. The zero-order valence-electron chi connectivity index (χ0n) is 14.4. The van der Waals surface area contributed by atoms with E-state index in [1.54, 1.807) is 12.8 Å². The van der Waals surface area contributed by atoms with E-state index in [0.717, 1.165) is 35.6 Å². The Balaban J connectivity index is 1.64. The summed E-state index contributed by atoms with van der Waals surface area (Å²) in [4.78, 5) is 0. The summed E-state index contributed by atoms with van der Waals surface area (Å²) in [7, 11) is 0. The van der Waals surface area contributed by atoms with Gasteiger partial charge in [-0.05, 0) is 68.2 Å². The third-order valence-corrected chi connectivity index (χ3v) is 7.02. The van der Waals surface area contributed by atoms with Crippen LogP contribution in [0.25, 0.3) is 0 Å². The zero-order valence-corrected chi connectivity index (χ0v) is 14.4. The predicted octanol–water partition coefficient (Wildman–Crippen LogP) is 5.40. The van der Waals surface area contributed by atoms with Gasteiger partial charge in [0.25, 0.3) is 0 Å². The molecule has 0 spiro atoms. The molecule has 0 radical (unpaired) electrons. The molecule has 3 saturated carbocycles. The molecule has 3 aliphatic rings. The highest BCUT2D eigenvalue weighted by molar-refractivity contribution is 4.91. The second kappa shape index (κ2) is 7.49. The Morgan fingerprint density at radius 2 is 1.57 bits per heavy atom. The molecule has 0 amide bonds. The van der Waals surface area contributed by atoms with Crippen LogP contribution in [0.3, 0.4) is 0 Å². The topological polar surface area (TPSA) is 12.0 Å². The van der Waals surface area contributed by atoms with Crippen molar-refractivity contribution in [2.45, 2.75) is 90.5 Å². The Morgan fingerprint density at radius 3 is 2.29 bits per heavy atom. The third-order valence-electron chi connectivity index (χ3n) is 7.02. The molecule has 0 aromatic rings. The lowest BCUT2D eigenvalue weighted by Crippen LogP contribution is -2.40. The summed E-state index contributed by atoms with van der Waals surface area (Å²) in [6.07, 6.45) is 16.4. The van der Waals surface area contributed by atoms with Gasteiger partial charge in [-0.2, -0.15) is 0 Å². The fourth-order valence-corrected chi connectivity index (χ4v) is 5.42. The average molecular weight is 292 g/mol. The molecular weight excluding hydrogens is 254 g/mol. The van der Waals surface area contributed by atoms with Crippen molar-refractivity contribution in [2.24, 2.45) is 29.6 Å². The minimum absolute atomic E-state index is 0.892. The van der Waals surface area contributed by atoms with Gasteiger partial charge in [0.15, 0.2) is 0 Å². The maximum absolute atomic E-state index is 3.86. The van der Waals surface area contributed by atoms with Gasteiger partial charge in [0.05, 0.1) is 0 Å². The van der Waals surface area contributed by atoms with E-state index in [1.165, 1.54) is 64.3 Å². The summed E-state index contributed by atoms with van der Waals surface area (Å²) in [5.41, 5.74) is 0. The van der Waals surface area contributed by atoms with E-state index in [1.807, 2.05) is 0 Å². The fourth-order valence-electron chi connectivity index (χ4n) is 5.42. The number of hydrogen-bond donors (Lipinski definition) is 1. The van der Waals surface area contributed by atoms with Crippen molar-refractivity contribution < 1.29 is 0 Å². The lowest BCUT2D eigenvalue weighted by atomic mass is 9.61. The van der Waals surface area contributed by atoms with Crippen LogP contribution in [0.4, 0.5) is 0 Å². The van der Waals surface area contributed by atoms with Crippen LogP contribution in [-0.2, 0) is 0 Å². The molecule has 122 valence electrons. The molecule has 5 atom stereocenters. The van der Waals surface area contributed by atoms with Gasteiger partial charge in [-0.1, -0.05) is 52.4 Å². The molecule has 0 aromatic heterocycles. The van der Waals surface area contributed by atoms with Gasteiger partial charge < -0.3 is 5.32 Å². The number of rotatable bonds is 6. The standard InChI is InChI=1S/C20H37N/c1-3-15-9-10-17(14-21-18-11-12-18)20(13-15)19-8-6-5-7-16(19)4-2/h15-21H,3-14H2,1-2H3. The lowest BCUT2D eigenvalue weighted by molar-refractivity contribution is 0.0555. The summed E-state index contributed by atoms with van der Waals surface area (Å²) in [6.45, 7) is 6.20. The summed E-state index contributed by atoms with van der Waals surface area (Å²) in [5, 5.41) is 3.86. The molecule has 0 saturated heterocycles. The Morgan fingerprint density at radius 1 is 0.762 bits per heavy atom. The van der Waals surface area contributed by atoms with Crippen LogP contribution in [0.1, 0.15) is 84.5 Å². The second-order valence-corrected chi connectivity index (χ2v) is 8.31. The molecule has 1 heteroatoms. The SMILES string of the molecule is CCC1CCC(CNC2CC2)C(C2CCCCC2CC)C1. The van der Waals surface area contributed by atoms with Crippen LogP contribution < -0.4 is 5.32 Å². The monoisotopic (exact) mass is 291 g/mol. The molecule has 1 N–H and O–H groups in total. The molecule has 0 aliphatic heterocycles. The first-order chi connectivity index (χ1) is 10.3. The first-order valence-corrected chi connectivity index (χ1v) is 10.0. The van der Waals surface area contributed by atoms with Crippen molar-refractivity contribution in [3.05, 3.63) is 0 Å². The predicted molar refractivity (Wildman–Crippen MR) is 91.4 cm³/mol. The summed E-state index contributed by atoms with van der Waals surface area (Å²) in [6, 6.07) is 0.892. The van der Waals surface area contributed by atoms with Crippen molar-refractivity contribution in [3.8, 4) is 0 Å². The van der Waals surface area contributed by atoms with Crippen molar-refractivity contribution in [1.29, 1.82) is 0 Å². The van der Waals surface area contributed by atoms with Crippen LogP contribution in [0.2, 0.25) is 0 Å². The maximum atomic E-state index is 3.86. The molecule has 3 rings (SSSR count). The van der Waals surface area contributed by atoms with E-state index in [2.05, 4.69) is 19.2 Å². The summed E-state index contributed by atoms with van der Waals surface area (Å²) in [5.74, 6) is 5.17. The van der Waals surface area contributed by atoms with Gasteiger partial charge in [-0.3, -0.25) is 0 Å². The minimum Gasteiger partial charge on any atom is -0.314 e. The van der Waals surface area contributed by atoms with Gasteiger partial charge in [-0.15, -0.1) is 0 Å². The second-order valence-electron chi connectivity index (χ2n) is 8.31. The van der Waals surface area contributed by atoms with E-state index in [4.69, 9.17) is 0 Å². The smallest absolute Gasteiger partial charge is 0.00683 e. The minimum atomic E-state index is 0.892. The number of hydrogen-bond acceptors (Lipinski definition) is 1. The Bertz CT molecular complexity index is 309. The molecule has 3 aliphatic carbocycles. The molecular formula is C20H37N. The van der Waals surface area contributed by atoms with Gasteiger partial charge in [0.1, 0.15) is 0 Å². The summed E-state index contributed by atoms with van der Waals surface area (Å²) < 4.78 is 0. The van der Waals surface area contributed by atoms with Crippen LogP contribution in [0, 0.1) is 29.6 Å². The average Bonchev–Trinajstić information content (AvgIpc) is 3.37. The van der Waals surface area contributed by atoms with Crippen molar-refractivity contribution in [3.63, 3.8) is 0 Å². The number of nitrogens with one attached hydrogen (secondary N) is 1. The quantitative estimate of drug-likeness (QED) is 0.691. The van der Waals surface area contributed by atoms with Crippen LogP contribution >= 0.6 is 0 Å². The first-order valence-electron chi connectivity index (χ1n) is 10.0. The fraction of sp³-hybridized carbons (Fsp3) is 1.00. The molecule has 3 fully saturated rings. The third kappa shape index (κ3) is 4.03. The van der Waals surface area contributed by atoms with Crippen molar-refractivity contribution in [2.75, 3.05) is 6.54 Å². The van der Waals surface area contributed by atoms with Crippen LogP contribution in [0.15, 0.2) is 0 Å². The highest BCUT2D eigenvalue weighted by Gasteiger charge is 2.39. The van der Waals surface area contributed by atoms with E-state index in [-0.39, 0.29) is 0 Å². The maximum Gasteiger partial charge on any atom is 0.00683 e. The van der Waals surface area contributed by atoms with Gasteiger partial charge in [0.2, 0.25) is 0 Å². The van der Waals surface area contributed by atoms with E-state index >= 15 is 0 Å². The molecule has 0 heterocycles. The van der Waals surface area contributed by atoms with Gasteiger partial charge in [0, 0.05) is 6.04 Å². The Kier molecular flexibility index (Phi) is 5.65. The van der Waals surface area contributed by atoms with Gasteiger partial charge >= 0.3 is 0 Å². The molecule has 1 nitrogen and oxygen atoms in total. The highest BCUT2D eigenvalue weighted by Crippen LogP contribution is 2.47. The Labute approximate surface area is 132 Å². The normalized spacial score (nSPS) is 41.1. The van der Waals surface area contributed by atoms with Crippen molar-refractivity contribution >= 4 is 0 Å². The Hall–Kier alpha value is -0.0400. The first kappa shape index (κ1) is 15.8. The van der Waals surface area contributed by atoms with E-state index in [0.29, 0.717) is 0 Å². The largest absolute Gasteiger partial charge is 0.314 e. The summed E-state index contributed by atoms with van der Waals surface area (Å²) >= 11 is 0. The van der Waals surface area contributed by atoms with Crippen LogP contribution in [0.5, 0.6) is 0 Å². The van der Waals surface area contributed by atoms with Crippen molar-refractivity contribution in [1.82, 2.24) is 5.32 Å².